The lowest BCUT2D eigenvalue weighted by Crippen LogP contribution is -2.62. The van der Waals surface area contributed by atoms with Crippen molar-refractivity contribution in [3.63, 3.8) is 0 Å². The summed E-state index contributed by atoms with van der Waals surface area (Å²) in [7, 11) is 0. The van der Waals surface area contributed by atoms with E-state index in [0.717, 1.165) is 32.0 Å². The Morgan fingerprint density at radius 1 is 1.10 bits per heavy atom. The van der Waals surface area contributed by atoms with Gasteiger partial charge in [-0.25, -0.2) is 0 Å². The van der Waals surface area contributed by atoms with Gasteiger partial charge in [0.15, 0.2) is 0 Å². The second kappa shape index (κ2) is 8.02. The van der Waals surface area contributed by atoms with Crippen LogP contribution in [0.2, 0.25) is 0 Å². The number of hydrogen-bond acceptors (Lipinski definition) is 3. The van der Waals surface area contributed by atoms with Crippen LogP contribution in [-0.2, 0) is 0 Å². The van der Waals surface area contributed by atoms with Crippen LogP contribution in [0.1, 0.15) is 32.1 Å². The second-order valence-corrected chi connectivity index (χ2v) is 6.11. The van der Waals surface area contributed by atoms with Crippen LogP contribution in [0.25, 0.3) is 0 Å². The second-order valence-electron chi connectivity index (χ2n) is 6.11. The van der Waals surface area contributed by atoms with Crippen molar-refractivity contribution in [3.8, 4) is 5.75 Å². The third-order valence-corrected chi connectivity index (χ3v) is 4.84. The number of ether oxygens (including phenoxy) is 1. The molecule has 0 aromatic heterocycles. The first kappa shape index (κ1) is 16.6. The van der Waals surface area contributed by atoms with Gasteiger partial charge in [-0.3, -0.25) is 4.90 Å². The van der Waals surface area contributed by atoms with E-state index >= 15 is 0 Å². The summed E-state index contributed by atoms with van der Waals surface area (Å²) in [6.45, 7) is 5.30. The Morgan fingerprint density at radius 3 is 2.62 bits per heavy atom. The summed E-state index contributed by atoms with van der Waals surface area (Å²) in [4.78, 5) is 2.69. The number of nitrogens with one attached hydrogen (secondary N) is 1. The fourth-order valence-electron chi connectivity index (χ4n) is 3.73. The Kier molecular flexibility index (Phi) is 6.34. The summed E-state index contributed by atoms with van der Waals surface area (Å²) in [6, 6.07) is 10.2. The summed E-state index contributed by atoms with van der Waals surface area (Å²) >= 11 is 0. The highest BCUT2D eigenvalue weighted by Crippen LogP contribution is 2.34. The Hall–Kier alpha value is -0.770. The number of nitrogens with zero attached hydrogens (tertiary/aromatic N) is 1. The molecule has 0 unspecified atom stereocenters. The van der Waals surface area contributed by atoms with Gasteiger partial charge in [0.1, 0.15) is 12.4 Å². The highest BCUT2D eigenvalue weighted by Gasteiger charge is 2.39. The number of hydrogen-bond donors (Lipinski definition) is 1. The molecule has 21 heavy (non-hydrogen) atoms. The standard InChI is InChI=1S/C17H26N2O.ClH/c1-3-7-16(8-4-1)20-14-13-19-12-11-18-15-17(19)9-5-2-6-10-17;/h1,3-4,7-8,18H,2,5-6,9-15H2;1H. The molecule has 118 valence electrons. The minimum absolute atomic E-state index is 0. The quantitative estimate of drug-likeness (QED) is 0.925. The van der Waals surface area contributed by atoms with E-state index in [9.17, 15) is 0 Å². The predicted octanol–water partition coefficient (Wildman–Crippen LogP) is 3.10. The van der Waals surface area contributed by atoms with Gasteiger partial charge in [0.25, 0.3) is 0 Å². The molecule has 3 nitrogen and oxygen atoms in total. The first-order valence-corrected chi connectivity index (χ1v) is 8.03. The van der Waals surface area contributed by atoms with Crippen LogP contribution in [0.5, 0.6) is 5.75 Å². The lowest BCUT2D eigenvalue weighted by atomic mass is 9.79. The molecule has 0 bridgehead atoms. The maximum atomic E-state index is 5.88. The molecule has 0 radical (unpaired) electrons. The predicted molar refractivity (Wildman–Crippen MR) is 89.4 cm³/mol. The van der Waals surface area contributed by atoms with E-state index in [-0.39, 0.29) is 12.4 Å². The average molecular weight is 311 g/mol. The van der Waals surface area contributed by atoms with Gasteiger partial charge in [-0.05, 0) is 25.0 Å². The van der Waals surface area contributed by atoms with Crippen LogP contribution >= 0.6 is 12.4 Å². The summed E-state index contributed by atoms with van der Waals surface area (Å²) in [5, 5.41) is 3.60. The van der Waals surface area contributed by atoms with Gasteiger partial charge in [-0.1, -0.05) is 37.5 Å². The molecule has 1 spiro atoms. The van der Waals surface area contributed by atoms with Gasteiger partial charge in [-0.2, -0.15) is 0 Å². The number of piperazine rings is 1. The van der Waals surface area contributed by atoms with Crippen molar-refractivity contribution in [1.29, 1.82) is 0 Å². The minimum atomic E-state index is 0. The monoisotopic (exact) mass is 310 g/mol. The maximum Gasteiger partial charge on any atom is 0.119 e. The first-order chi connectivity index (χ1) is 9.89. The molecule has 1 heterocycles. The topological polar surface area (TPSA) is 24.5 Å². The fraction of sp³-hybridized carbons (Fsp3) is 0.647. The molecule has 2 fully saturated rings. The highest BCUT2D eigenvalue weighted by molar-refractivity contribution is 5.85. The number of rotatable bonds is 4. The maximum absolute atomic E-state index is 5.88. The van der Waals surface area contributed by atoms with Crippen molar-refractivity contribution < 1.29 is 4.74 Å². The third-order valence-electron chi connectivity index (χ3n) is 4.84. The average Bonchev–Trinajstić information content (AvgIpc) is 2.51. The molecule has 2 aliphatic rings. The van der Waals surface area contributed by atoms with Gasteiger partial charge in [0, 0.05) is 31.7 Å². The van der Waals surface area contributed by atoms with E-state index in [0.29, 0.717) is 5.54 Å². The number of para-hydroxylation sites is 1. The van der Waals surface area contributed by atoms with E-state index < -0.39 is 0 Å². The van der Waals surface area contributed by atoms with E-state index in [1.54, 1.807) is 0 Å². The third kappa shape index (κ3) is 4.12. The molecular weight excluding hydrogens is 284 g/mol. The molecule has 1 aliphatic heterocycles. The lowest BCUT2D eigenvalue weighted by Gasteiger charge is -2.49. The Labute approximate surface area is 134 Å². The van der Waals surface area contributed by atoms with Crippen LogP contribution in [-0.4, -0.2) is 43.2 Å². The summed E-state index contributed by atoms with van der Waals surface area (Å²) in [5.74, 6) is 0.986. The Balaban J connectivity index is 0.00000161. The molecule has 1 aromatic rings. The number of benzene rings is 1. The molecule has 1 aromatic carbocycles. The molecule has 0 amide bonds. The van der Waals surface area contributed by atoms with Crippen molar-refractivity contribution in [1.82, 2.24) is 10.2 Å². The largest absolute Gasteiger partial charge is 0.492 e. The molecule has 1 N–H and O–H groups in total. The smallest absolute Gasteiger partial charge is 0.119 e. The van der Waals surface area contributed by atoms with Crippen molar-refractivity contribution in [2.45, 2.75) is 37.6 Å². The Morgan fingerprint density at radius 2 is 1.86 bits per heavy atom. The van der Waals surface area contributed by atoms with Crippen molar-refractivity contribution in [3.05, 3.63) is 30.3 Å². The summed E-state index contributed by atoms with van der Waals surface area (Å²) < 4.78 is 5.88. The number of halogens is 1. The van der Waals surface area contributed by atoms with Gasteiger partial charge in [0.2, 0.25) is 0 Å². The summed E-state index contributed by atoms with van der Waals surface area (Å²) in [6.07, 6.45) is 6.89. The Bertz CT molecular complexity index is 398. The zero-order chi connectivity index (χ0) is 13.7. The molecule has 3 rings (SSSR count). The van der Waals surface area contributed by atoms with Gasteiger partial charge in [-0.15, -0.1) is 12.4 Å². The zero-order valence-corrected chi connectivity index (χ0v) is 13.5. The molecule has 1 saturated carbocycles. The van der Waals surface area contributed by atoms with Crippen molar-refractivity contribution >= 4 is 12.4 Å². The van der Waals surface area contributed by atoms with Gasteiger partial charge < -0.3 is 10.1 Å². The van der Waals surface area contributed by atoms with Crippen LogP contribution in [0, 0.1) is 0 Å². The van der Waals surface area contributed by atoms with Crippen molar-refractivity contribution in [2.24, 2.45) is 0 Å². The first-order valence-electron chi connectivity index (χ1n) is 8.03. The van der Waals surface area contributed by atoms with Crippen LogP contribution in [0.15, 0.2) is 30.3 Å². The molecule has 1 saturated heterocycles. The minimum Gasteiger partial charge on any atom is -0.492 e. The highest BCUT2D eigenvalue weighted by atomic mass is 35.5. The van der Waals surface area contributed by atoms with E-state index in [1.165, 1.54) is 38.6 Å². The molecule has 1 aliphatic carbocycles. The lowest BCUT2D eigenvalue weighted by molar-refractivity contribution is 0.0183. The van der Waals surface area contributed by atoms with E-state index in [2.05, 4.69) is 10.2 Å². The molecule has 0 atom stereocenters. The van der Waals surface area contributed by atoms with Crippen LogP contribution in [0.4, 0.5) is 0 Å². The van der Waals surface area contributed by atoms with Gasteiger partial charge >= 0.3 is 0 Å². The zero-order valence-electron chi connectivity index (χ0n) is 12.7. The van der Waals surface area contributed by atoms with E-state index in [4.69, 9.17) is 4.74 Å². The van der Waals surface area contributed by atoms with Crippen LogP contribution in [0.3, 0.4) is 0 Å². The SMILES string of the molecule is Cl.c1ccc(OCCN2CCNCC23CCCCC3)cc1. The van der Waals surface area contributed by atoms with Crippen molar-refractivity contribution in [2.75, 3.05) is 32.8 Å². The summed E-state index contributed by atoms with van der Waals surface area (Å²) in [5.41, 5.74) is 0.413. The van der Waals surface area contributed by atoms with E-state index in [1.807, 2.05) is 30.3 Å². The fourth-order valence-corrected chi connectivity index (χ4v) is 3.73. The van der Waals surface area contributed by atoms with Gasteiger partial charge in [0.05, 0.1) is 0 Å². The molecular formula is C17H27ClN2O. The van der Waals surface area contributed by atoms with Crippen LogP contribution < -0.4 is 10.1 Å². The normalized spacial score (nSPS) is 21.7. The molecule has 4 heteroatoms.